The van der Waals surface area contributed by atoms with Crippen LogP contribution < -0.4 is 15.5 Å². The number of nitrogens with zero attached hydrogens (tertiary/aromatic N) is 1. The van der Waals surface area contributed by atoms with Crippen LogP contribution in [0.25, 0.3) is 0 Å². The van der Waals surface area contributed by atoms with Crippen molar-refractivity contribution in [2.75, 3.05) is 21.7 Å². The molecule has 2 aromatic carbocycles. The van der Waals surface area contributed by atoms with Gasteiger partial charge in [0.05, 0.1) is 10.6 Å². The molecule has 0 bridgehead atoms. The average Bonchev–Trinajstić information content (AvgIpc) is 2.74. The number of nitrogens with one attached hydrogen (secondary N) is 2. The predicted octanol–water partition coefficient (Wildman–Crippen LogP) is 4.52. The van der Waals surface area contributed by atoms with Gasteiger partial charge < -0.3 is 10.6 Å². The van der Waals surface area contributed by atoms with Crippen molar-refractivity contribution in [3.05, 3.63) is 58.9 Å². The van der Waals surface area contributed by atoms with Gasteiger partial charge in [-0.2, -0.15) is 13.2 Å². The first-order chi connectivity index (χ1) is 17.0. The highest BCUT2D eigenvalue weighted by atomic mass is 35.5. The monoisotopic (exact) mass is 563 g/mol. The molecule has 3 amide bonds. The normalized spacial score (nSPS) is 13.4. The Bertz CT molecular complexity index is 1180. The van der Waals surface area contributed by atoms with Crippen LogP contribution in [-0.4, -0.2) is 45.0 Å². The number of alkyl halides is 3. The van der Waals surface area contributed by atoms with Crippen molar-refractivity contribution < 1.29 is 36.2 Å². The van der Waals surface area contributed by atoms with E-state index in [1.165, 1.54) is 19.1 Å². The van der Waals surface area contributed by atoms with E-state index < -0.39 is 74.2 Å². The molecule has 2 aromatic rings. The van der Waals surface area contributed by atoms with Crippen molar-refractivity contribution in [2.45, 2.75) is 45.5 Å². The fourth-order valence-corrected chi connectivity index (χ4v) is 4.30. The third-order valence-electron chi connectivity index (χ3n) is 4.77. The van der Waals surface area contributed by atoms with Crippen LogP contribution in [0.5, 0.6) is 0 Å². The van der Waals surface area contributed by atoms with E-state index in [2.05, 4.69) is 10.6 Å². The van der Waals surface area contributed by atoms with Crippen molar-refractivity contribution in [3.63, 3.8) is 0 Å². The molecule has 0 unspecified atom stereocenters. The summed E-state index contributed by atoms with van der Waals surface area (Å²) in [6.07, 6.45) is -4.83. The van der Waals surface area contributed by atoms with Crippen molar-refractivity contribution in [1.29, 1.82) is 0 Å². The lowest BCUT2D eigenvalue weighted by molar-refractivity contribution is -0.137. The topological polar surface area (TPSA) is 95.6 Å². The second kappa shape index (κ2) is 12.0. The van der Waals surface area contributed by atoms with Gasteiger partial charge in [-0.3, -0.25) is 23.5 Å². The van der Waals surface area contributed by atoms with Gasteiger partial charge in [0.2, 0.25) is 17.7 Å². The fourth-order valence-electron chi connectivity index (χ4n) is 3.19. The molecule has 0 radical (unpaired) electrons. The quantitative estimate of drug-likeness (QED) is 0.462. The Labute approximate surface area is 219 Å². The molecule has 37 heavy (non-hydrogen) atoms. The van der Waals surface area contributed by atoms with Gasteiger partial charge in [0.1, 0.15) is 23.4 Å². The van der Waals surface area contributed by atoms with E-state index in [0.717, 1.165) is 29.2 Å². The minimum absolute atomic E-state index is 0.240. The molecule has 0 heterocycles. The lowest BCUT2D eigenvalue weighted by Crippen LogP contribution is -2.53. The van der Waals surface area contributed by atoms with Crippen LogP contribution in [0.3, 0.4) is 0 Å². The summed E-state index contributed by atoms with van der Waals surface area (Å²) in [5.41, 5.74) is -1.97. The molecule has 0 aromatic heterocycles. The van der Waals surface area contributed by atoms with Gasteiger partial charge in [-0.15, -0.1) is 0 Å². The zero-order valence-electron chi connectivity index (χ0n) is 20.4. The standard InChI is InChI=1S/C24H26ClF4N3O4S/c1-14(22(35)31-23(2,3)4)32(17-9-10-19(25)18(11-17)24(27,28)29)21(34)13-37(36)12-20(33)30-16-7-5-15(26)6-8-16/h5-11,14H,12-13H2,1-4H3,(H,30,33)(H,31,35)/t14-,37+/m0/s1. The Hall–Kier alpha value is -2.99. The third-order valence-corrected chi connectivity index (χ3v) is 6.25. The highest BCUT2D eigenvalue weighted by Crippen LogP contribution is 2.37. The number of hydrogen-bond acceptors (Lipinski definition) is 4. The Morgan fingerprint density at radius 2 is 1.62 bits per heavy atom. The zero-order valence-corrected chi connectivity index (χ0v) is 22.0. The minimum Gasteiger partial charge on any atom is -0.350 e. The number of benzene rings is 2. The first-order valence-corrected chi connectivity index (χ1v) is 12.8. The zero-order chi connectivity index (χ0) is 28.1. The Kier molecular flexibility index (Phi) is 9.84. The molecular weight excluding hydrogens is 538 g/mol. The number of hydrogen-bond donors (Lipinski definition) is 2. The van der Waals surface area contributed by atoms with E-state index in [0.29, 0.717) is 6.07 Å². The van der Waals surface area contributed by atoms with Crippen molar-refractivity contribution in [2.24, 2.45) is 0 Å². The molecule has 0 saturated heterocycles. The smallest absolute Gasteiger partial charge is 0.350 e. The molecule has 0 aliphatic rings. The summed E-state index contributed by atoms with van der Waals surface area (Å²) in [6, 6.07) is 6.22. The maximum absolute atomic E-state index is 13.4. The molecule has 0 spiro atoms. The molecule has 0 aliphatic heterocycles. The van der Waals surface area contributed by atoms with Crippen LogP contribution >= 0.6 is 11.6 Å². The second-order valence-electron chi connectivity index (χ2n) is 9.12. The Morgan fingerprint density at radius 1 is 1.03 bits per heavy atom. The summed E-state index contributed by atoms with van der Waals surface area (Å²) in [4.78, 5) is 38.9. The number of carbonyl (C=O) groups is 3. The van der Waals surface area contributed by atoms with E-state index in [-0.39, 0.29) is 11.4 Å². The van der Waals surface area contributed by atoms with Crippen LogP contribution in [0.4, 0.5) is 28.9 Å². The molecule has 13 heteroatoms. The van der Waals surface area contributed by atoms with Crippen LogP contribution in [0.1, 0.15) is 33.3 Å². The molecular formula is C24H26ClF4N3O4S. The third kappa shape index (κ3) is 9.12. The molecule has 2 N–H and O–H groups in total. The van der Waals surface area contributed by atoms with Crippen LogP contribution in [0, 0.1) is 5.82 Å². The van der Waals surface area contributed by atoms with Crippen LogP contribution in [-0.2, 0) is 31.4 Å². The van der Waals surface area contributed by atoms with Crippen molar-refractivity contribution in [1.82, 2.24) is 5.32 Å². The molecule has 0 aliphatic carbocycles. The van der Waals surface area contributed by atoms with E-state index >= 15 is 0 Å². The predicted molar refractivity (Wildman–Crippen MR) is 134 cm³/mol. The summed E-state index contributed by atoms with van der Waals surface area (Å²) >= 11 is 5.69. The second-order valence-corrected chi connectivity index (χ2v) is 11.0. The molecule has 2 rings (SSSR count). The average molecular weight is 564 g/mol. The minimum atomic E-state index is -4.83. The van der Waals surface area contributed by atoms with Gasteiger partial charge in [-0.25, -0.2) is 4.39 Å². The van der Waals surface area contributed by atoms with E-state index in [1.54, 1.807) is 20.8 Å². The Balaban J connectivity index is 2.29. The molecule has 0 fully saturated rings. The number of rotatable bonds is 8. The summed E-state index contributed by atoms with van der Waals surface area (Å²) in [5.74, 6) is -4.23. The SMILES string of the molecule is C[C@@H](C(=O)NC(C)(C)C)N(C(=O)C[S@](=O)CC(=O)Nc1ccc(F)cc1)c1ccc(Cl)c(C(F)(F)F)c1. The van der Waals surface area contributed by atoms with E-state index in [1.807, 2.05) is 0 Å². The van der Waals surface area contributed by atoms with Gasteiger partial charge in [-0.1, -0.05) is 11.6 Å². The number of carbonyl (C=O) groups excluding carboxylic acids is 3. The molecule has 202 valence electrons. The summed E-state index contributed by atoms with van der Waals surface area (Å²) in [5, 5.41) is 4.45. The maximum atomic E-state index is 13.4. The van der Waals surface area contributed by atoms with Gasteiger partial charge >= 0.3 is 6.18 Å². The molecule has 0 saturated carbocycles. The summed E-state index contributed by atoms with van der Waals surface area (Å²) in [6.45, 7) is 6.36. The van der Waals surface area contributed by atoms with Crippen LogP contribution in [0.2, 0.25) is 5.02 Å². The number of anilines is 2. The van der Waals surface area contributed by atoms with Gasteiger partial charge in [0, 0.05) is 27.7 Å². The first-order valence-electron chi connectivity index (χ1n) is 10.9. The highest BCUT2D eigenvalue weighted by molar-refractivity contribution is 7.86. The lowest BCUT2D eigenvalue weighted by Gasteiger charge is -2.31. The van der Waals surface area contributed by atoms with Gasteiger partial charge in [0.25, 0.3) is 0 Å². The fraction of sp³-hybridized carbons (Fsp3) is 0.375. The largest absolute Gasteiger partial charge is 0.417 e. The molecule has 7 nitrogen and oxygen atoms in total. The Morgan fingerprint density at radius 3 is 2.16 bits per heavy atom. The van der Waals surface area contributed by atoms with Gasteiger partial charge in [-0.05, 0) is 70.2 Å². The van der Waals surface area contributed by atoms with Crippen molar-refractivity contribution >= 4 is 51.5 Å². The van der Waals surface area contributed by atoms with Crippen LogP contribution in [0.15, 0.2) is 42.5 Å². The maximum Gasteiger partial charge on any atom is 0.417 e. The number of amides is 3. The first kappa shape index (κ1) is 30.2. The van der Waals surface area contributed by atoms with E-state index in [4.69, 9.17) is 11.6 Å². The van der Waals surface area contributed by atoms with Crippen molar-refractivity contribution in [3.8, 4) is 0 Å². The molecule has 2 atom stereocenters. The summed E-state index contributed by atoms with van der Waals surface area (Å²) in [7, 11) is -2.09. The highest BCUT2D eigenvalue weighted by Gasteiger charge is 2.36. The summed E-state index contributed by atoms with van der Waals surface area (Å²) < 4.78 is 66.0. The van der Waals surface area contributed by atoms with Gasteiger partial charge in [0.15, 0.2) is 0 Å². The lowest BCUT2D eigenvalue weighted by atomic mass is 10.1. The van der Waals surface area contributed by atoms with E-state index in [9.17, 15) is 36.2 Å². The number of halogens is 5.